The lowest BCUT2D eigenvalue weighted by Gasteiger charge is -2.34. The van der Waals surface area contributed by atoms with Crippen LogP contribution in [0.5, 0.6) is 0 Å². The first-order chi connectivity index (χ1) is 7.40. The van der Waals surface area contributed by atoms with Crippen molar-refractivity contribution < 1.29 is 0 Å². The third-order valence-electron chi connectivity index (χ3n) is 2.66. The number of halogens is 1. The topological polar surface area (TPSA) is 16.1 Å². The Bertz CT molecular complexity index is 294. The van der Waals surface area contributed by atoms with E-state index in [-0.39, 0.29) is 0 Å². The lowest BCUT2D eigenvalue weighted by Crippen LogP contribution is -2.42. The summed E-state index contributed by atoms with van der Waals surface area (Å²) < 4.78 is 0. The molecule has 2 rings (SSSR count). The Morgan fingerprint density at radius 1 is 1.47 bits per heavy atom. The number of thioether (sulfide) groups is 1. The Kier molecular flexibility index (Phi) is 4.29. The zero-order chi connectivity index (χ0) is 10.5. The average molecular weight is 243 g/mol. The molecule has 1 fully saturated rings. The Balaban J connectivity index is 1.97. The summed E-state index contributed by atoms with van der Waals surface area (Å²) in [6, 6.07) is 4.68. The van der Waals surface area contributed by atoms with Crippen LogP contribution in [0.4, 0.5) is 0 Å². The molecule has 0 spiro atoms. The minimum atomic E-state index is 0.526. The Morgan fingerprint density at radius 3 is 3.00 bits per heavy atom. The van der Waals surface area contributed by atoms with E-state index in [9.17, 15) is 0 Å². The molecule has 1 atom stereocenters. The van der Waals surface area contributed by atoms with Crippen molar-refractivity contribution in [3.63, 3.8) is 0 Å². The smallest absolute Gasteiger partial charge is 0.0387 e. The summed E-state index contributed by atoms with van der Waals surface area (Å²) in [6.45, 7) is 2.14. The first kappa shape index (κ1) is 11.2. The lowest BCUT2D eigenvalue weighted by atomic mass is 10.2. The van der Waals surface area contributed by atoms with Crippen molar-refractivity contribution in [1.29, 1.82) is 0 Å². The van der Waals surface area contributed by atoms with Crippen LogP contribution in [0.15, 0.2) is 24.5 Å². The second-order valence-corrected chi connectivity index (χ2v) is 5.17. The number of rotatable bonds is 3. The minimum Gasteiger partial charge on any atom is -0.293 e. The van der Waals surface area contributed by atoms with E-state index in [4.69, 9.17) is 11.6 Å². The van der Waals surface area contributed by atoms with E-state index in [1.165, 1.54) is 11.3 Å². The molecule has 2 heterocycles. The van der Waals surface area contributed by atoms with E-state index in [0.717, 1.165) is 24.7 Å². The second-order valence-electron chi connectivity index (χ2n) is 3.71. The van der Waals surface area contributed by atoms with E-state index >= 15 is 0 Å². The van der Waals surface area contributed by atoms with E-state index in [2.05, 4.69) is 22.0 Å². The van der Waals surface area contributed by atoms with Gasteiger partial charge in [-0.3, -0.25) is 9.88 Å². The van der Waals surface area contributed by atoms with Crippen molar-refractivity contribution in [2.24, 2.45) is 0 Å². The van der Waals surface area contributed by atoms with Crippen molar-refractivity contribution in [3.05, 3.63) is 30.1 Å². The van der Waals surface area contributed by atoms with Gasteiger partial charge in [0.1, 0.15) is 0 Å². The molecule has 0 aliphatic carbocycles. The fourth-order valence-corrected chi connectivity index (χ4v) is 3.33. The van der Waals surface area contributed by atoms with Crippen LogP contribution in [-0.2, 0) is 6.54 Å². The monoisotopic (exact) mass is 242 g/mol. The Labute approximate surface area is 100 Å². The standard InChI is InChI=1S/C11H15ClN2S/c12-7-11-9-15-6-5-14(11)8-10-1-3-13-4-2-10/h1-4,11H,5-9H2. The van der Waals surface area contributed by atoms with Gasteiger partial charge >= 0.3 is 0 Å². The van der Waals surface area contributed by atoms with E-state index < -0.39 is 0 Å². The van der Waals surface area contributed by atoms with Crippen molar-refractivity contribution in [2.75, 3.05) is 23.9 Å². The average Bonchev–Trinajstić information content (AvgIpc) is 2.31. The van der Waals surface area contributed by atoms with E-state index in [1.807, 2.05) is 24.2 Å². The summed E-state index contributed by atoms with van der Waals surface area (Å²) in [5.41, 5.74) is 1.33. The Hall–Kier alpha value is -0.250. The normalized spacial score (nSPS) is 22.9. The second kappa shape index (κ2) is 5.73. The van der Waals surface area contributed by atoms with Crippen LogP contribution < -0.4 is 0 Å². The molecule has 0 amide bonds. The summed E-state index contributed by atoms with van der Waals surface area (Å²) in [4.78, 5) is 6.50. The molecule has 0 saturated carbocycles. The van der Waals surface area contributed by atoms with Gasteiger partial charge in [0.25, 0.3) is 0 Å². The number of aromatic nitrogens is 1. The number of nitrogens with zero attached hydrogens (tertiary/aromatic N) is 2. The quantitative estimate of drug-likeness (QED) is 0.757. The Morgan fingerprint density at radius 2 is 2.27 bits per heavy atom. The van der Waals surface area contributed by atoms with Crippen LogP contribution in [0.1, 0.15) is 5.56 Å². The lowest BCUT2D eigenvalue weighted by molar-refractivity contribution is 0.226. The number of hydrogen-bond donors (Lipinski definition) is 0. The molecule has 0 aromatic carbocycles. The molecule has 82 valence electrons. The third kappa shape index (κ3) is 3.10. The van der Waals surface area contributed by atoms with Gasteiger partial charge in [0, 0.05) is 48.9 Å². The number of pyridine rings is 1. The van der Waals surface area contributed by atoms with Crippen molar-refractivity contribution >= 4 is 23.4 Å². The summed E-state index contributed by atoms with van der Waals surface area (Å²) in [5, 5.41) is 0. The van der Waals surface area contributed by atoms with Crippen LogP contribution in [-0.4, -0.2) is 39.9 Å². The molecular weight excluding hydrogens is 228 g/mol. The van der Waals surface area contributed by atoms with Crippen molar-refractivity contribution in [3.8, 4) is 0 Å². The van der Waals surface area contributed by atoms with Gasteiger partial charge in [0.05, 0.1) is 0 Å². The SMILES string of the molecule is ClCC1CSCCN1Cc1ccncc1. The maximum atomic E-state index is 5.97. The van der Waals surface area contributed by atoms with Crippen molar-refractivity contribution in [1.82, 2.24) is 9.88 Å². The van der Waals surface area contributed by atoms with Crippen LogP contribution in [0, 0.1) is 0 Å². The fraction of sp³-hybridized carbons (Fsp3) is 0.545. The van der Waals surface area contributed by atoms with Crippen LogP contribution >= 0.6 is 23.4 Å². The molecule has 0 radical (unpaired) electrons. The largest absolute Gasteiger partial charge is 0.293 e. The highest BCUT2D eigenvalue weighted by atomic mass is 35.5. The minimum absolute atomic E-state index is 0.526. The van der Waals surface area contributed by atoms with E-state index in [1.54, 1.807) is 0 Å². The maximum Gasteiger partial charge on any atom is 0.0387 e. The molecule has 1 aliphatic heterocycles. The summed E-state index contributed by atoms with van der Waals surface area (Å²) in [6.07, 6.45) is 3.70. The molecule has 1 aromatic heterocycles. The molecule has 1 unspecified atom stereocenters. The first-order valence-electron chi connectivity index (χ1n) is 5.17. The molecule has 2 nitrogen and oxygen atoms in total. The van der Waals surface area contributed by atoms with E-state index in [0.29, 0.717) is 6.04 Å². The van der Waals surface area contributed by atoms with Crippen LogP contribution in [0.2, 0.25) is 0 Å². The van der Waals surface area contributed by atoms with Gasteiger partial charge in [-0.2, -0.15) is 11.8 Å². The third-order valence-corrected chi connectivity index (χ3v) is 4.11. The first-order valence-corrected chi connectivity index (χ1v) is 6.85. The molecule has 1 saturated heterocycles. The summed E-state index contributed by atoms with van der Waals surface area (Å²) >= 11 is 7.98. The van der Waals surface area contributed by atoms with Gasteiger partial charge in [0.15, 0.2) is 0 Å². The molecule has 0 N–H and O–H groups in total. The molecule has 1 aromatic rings. The highest BCUT2D eigenvalue weighted by Crippen LogP contribution is 2.19. The number of alkyl halides is 1. The zero-order valence-electron chi connectivity index (χ0n) is 8.60. The van der Waals surface area contributed by atoms with Gasteiger partial charge in [-0.1, -0.05) is 0 Å². The highest BCUT2D eigenvalue weighted by Gasteiger charge is 2.21. The summed E-state index contributed by atoms with van der Waals surface area (Å²) in [5.74, 6) is 3.12. The van der Waals surface area contributed by atoms with Crippen LogP contribution in [0.25, 0.3) is 0 Å². The maximum absolute atomic E-state index is 5.97. The van der Waals surface area contributed by atoms with Crippen LogP contribution in [0.3, 0.4) is 0 Å². The molecule has 15 heavy (non-hydrogen) atoms. The van der Waals surface area contributed by atoms with Gasteiger partial charge < -0.3 is 0 Å². The molecule has 0 bridgehead atoms. The predicted molar refractivity (Wildman–Crippen MR) is 66.5 cm³/mol. The fourth-order valence-electron chi connectivity index (χ4n) is 1.76. The molecule has 4 heteroatoms. The number of hydrogen-bond acceptors (Lipinski definition) is 3. The summed E-state index contributed by atoms with van der Waals surface area (Å²) in [7, 11) is 0. The molecular formula is C11H15ClN2S. The predicted octanol–water partition coefficient (Wildman–Crippen LogP) is 2.24. The zero-order valence-corrected chi connectivity index (χ0v) is 10.2. The highest BCUT2D eigenvalue weighted by molar-refractivity contribution is 7.99. The molecule has 1 aliphatic rings. The van der Waals surface area contributed by atoms with Gasteiger partial charge in [-0.05, 0) is 17.7 Å². The van der Waals surface area contributed by atoms with Gasteiger partial charge in [-0.25, -0.2) is 0 Å². The van der Waals surface area contributed by atoms with Gasteiger partial charge in [-0.15, -0.1) is 11.6 Å². The van der Waals surface area contributed by atoms with Gasteiger partial charge in [0.2, 0.25) is 0 Å². The van der Waals surface area contributed by atoms with Crippen molar-refractivity contribution in [2.45, 2.75) is 12.6 Å².